The summed E-state index contributed by atoms with van der Waals surface area (Å²) in [6.07, 6.45) is 0.636. The molecule has 1 aliphatic heterocycles. The van der Waals surface area contributed by atoms with E-state index < -0.39 is 0 Å². The van der Waals surface area contributed by atoms with E-state index in [1.807, 2.05) is 20.8 Å². The summed E-state index contributed by atoms with van der Waals surface area (Å²) in [5.41, 5.74) is 2.95. The van der Waals surface area contributed by atoms with Crippen LogP contribution in [0.4, 0.5) is 0 Å². The van der Waals surface area contributed by atoms with E-state index in [9.17, 15) is 4.79 Å². The fraction of sp³-hybridized carbons (Fsp3) is 0.857. The van der Waals surface area contributed by atoms with Gasteiger partial charge in [0.15, 0.2) is 0 Å². The molecule has 1 fully saturated rings. The molecule has 3 nitrogen and oxygen atoms in total. The maximum absolute atomic E-state index is 11.1. The first-order chi connectivity index (χ1) is 4.52. The largest absolute Gasteiger partial charge is 0.273 e. The van der Waals surface area contributed by atoms with Gasteiger partial charge >= 0.3 is 0 Å². The predicted octanol–water partition coefficient (Wildman–Crippen LogP) is 0.522. The van der Waals surface area contributed by atoms with Gasteiger partial charge in [-0.1, -0.05) is 0 Å². The lowest BCUT2D eigenvalue weighted by Crippen LogP contribution is -2.48. The Morgan fingerprint density at radius 3 is 2.30 bits per heavy atom. The molecule has 0 bridgehead atoms. The molecule has 1 saturated heterocycles. The monoisotopic (exact) mass is 142 g/mol. The third-order valence-electron chi connectivity index (χ3n) is 1.53. The van der Waals surface area contributed by atoms with Gasteiger partial charge in [0.1, 0.15) is 0 Å². The van der Waals surface area contributed by atoms with E-state index in [1.165, 1.54) is 0 Å². The zero-order chi connectivity index (χ0) is 7.78. The molecule has 0 aromatic heterocycles. The van der Waals surface area contributed by atoms with Crippen LogP contribution in [0.15, 0.2) is 0 Å². The molecule has 1 amide bonds. The van der Waals surface area contributed by atoms with Crippen molar-refractivity contribution in [2.75, 3.05) is 6.54 Å². The summed E-state index contributed by atoms with van der Waals surface area (Å²) in [4.78, 5) is 11.1. The van der Waals surface area contributed by atoms with E-state index in [1.54, 1.807) is 5.01 Å². The van der Waals surface area contributed by atoms with Crippen molar-refractivity contribution < 1.29 is 4.79 Å². The minimum absolute atomic E-state index is 0.0758. The number of amides is 1. The highest BCUT2D eigenvalue weighted by Crippen LogP contribution is 2.14. The third kappa shape index (κ3) is 1.29. The summed E-state index contributed by atoms with van der Waals surface area (Å²) < 4.78 is 0. The smallest absolute Gasteiger partial charge is 0.238 e. The molecule has 3 heteroatoms. The second kappa shape index (κ2) is 2.23. The molecule has 0 spiro atoms. The van der Waals surface area contributed by atoms with Gasteiger partial charge in [-0.15, -0.1) is 0 Å². The Balaban J connectivity index is 2.64. The molecule has 0 aromatic carbocycles. The molecule has 0 aromatic rings. The van der Waals surface area contributed by atoms with E-state index >= 15 is 0 Å². The lowest BCUT2D eigenvalue weighted by Gasteiger charge is -2.30. The maximum atomic E-state index is 11.1. The molecular weight excluding hydrogens is 128 g/mol. The first-order valence-electron chi connectivity index (χ1n) is 3.58. The van der Waals surface area contributed by atoms with Crippen LogP contribution in [0, 0.1) is 0 Å². The molecule has 0 saturated carbocycles. The van der Waals surface area contributed by atoms with Crippen LogP contribution in [0.1, 0.15) is 27.2 Å². The molecule has 0 atom stereocenters. The zero-order valence-electron chi connectivity index (χ0n) is 6.77. The number of nitrogens with one attached hydrogen (secondary N) is 1. The van der Waals surface area contributed by atoms with E-state index in [2.05, 4.69) is 5.43 Å². The minimum atomic E-state index is -0.0758. The highest BCUT2D eigenvalue weighted by molar-refractivity contribution is 5.78. The maximum Gasteiger partial charge on any atom is 0.238 e. The van der Waals surface area contributed by atoms with Crippen LogP contribution >= 0.6 is 0 Å². The average molecular weight is 142 g/mol. The standard InChI is InChI=1S/C7H14N2O/c1-7(2,3)9-6(10)4-5-8-9/h8H,4-5H2,1-3H3. The van der Waals surface area contributed by atoms with Gasteiger partial charge < -0.3 is 0 Å². The Labute approximate surface area is 61.4 Å². The summed E-state index contributed by atoms with van der Waals surface area (Å²) in [5, 5.41) is 1.70. The zero-order valence-corrected chi connectivity index (χ0v) is 6.77. The van der Waals surface area contributed by atoms with Crippen molar-refractivity contribution >= 4 is 5.91 Å². The van der Waals surface area contributed by atoms with Crippen LogP contribution in [-0.4, -0.2) is 23.0 Å². The number of nitrogens with zero attached hydrogens (tertiary/aromatic N) is 1. The SMILES string of the molecule is CC(C)(C)N1NCCC1=O. The molecule has 1 rings (SSSR count). The van der Waals surface area contributed by atoms with Crippen molar-refractivity contribution in [1.82, 2.24) is 10.4 Å². The lowest BCUT2D eigenvalue weighted by atomic mass is 10.1. The van der Waals surface area contributed by atoms with Gasteiger partial charge in [-0.3, -0.25) is 9.80 Å². The number of rotatable bonds is 0. The Hall–Kier alpha value is -0.570. The highest BCUT2D eigenvalue weighted by Gasteiger charge is 2.29. The second-order valence-electron chi connectivity index (χ2n) is 3.56. The van der Waals surface area contributed by atoms with Crippen molar-refractivity contribution in [1.29, 1.82) is 0 Å². The van der Waals surface area contributed by atoms with Crippen molar-refractivity contribution in [2.24, 2.45) is 0 Å². The van der Waals surface area contributed by atoms with Gasteiger partial charge in [-0.25, -0.2) is 5.43 Å². The van der Waals surface area contributed by atoms with Crippen molar-refractivity contribution in [2.45, 2.75) is 32.7 Å². The third-order valence-corrected chi connectivity index (χ3v) is 1.53. The van der Waals surface area contributed by atoms with Crippen LogP contribution < -0.4 is 5.43 Å². The fourth-order valence-electron chi connectivity index (χ4n) is 1.09. The van der Waals surface area contributed by atoms with Gasteiger partial charge in [-0.2, -0.15) is 0 Å². The topological polar surface area (TPSA) is 32.3 Å². The fourth-order valence-corrected chi connectivity index (χ4v) is 1.09. The number of hydrogen-bond acceptors (Lipinski definition) is 2. The summed E-state index contributed by atoms with van der Waals surface area (Å²) >= 11 is 0. The van der Waals surface area contributed by atoms with E-state index in [0.717, 1.165) is 6.54 Å². The van der Waals surface area contributed by atoms with E-state index in [0.29, 0.717) is 6.42 Å². The van der Waals surface area contributed by atoms with Gasteiger partial charge in [0.25, 0.3) is 0 Å². The summed E-state index contributed by atoms with van der Waals surface area (Å²) in [5.74, 6) is 0.201. The molecule has 0 unspecified atom stereocenters. The normalized spacial score (nSPS) is 20.3. The Kier molecular flexibility index (Phi) is 1.68. The van der Waals surface area contributed by atoms with Crippen molar-refractivity contribution in [3.63, 3.8) is 0 Å². The van der Waals surface area contributed by atoms with Crippen molar-refractivity contribution in [3.05, 3.63) is 0 Å². The van der Waals surface area contributed by atoms with Gasteiger partial charge in [0.2, 0.25) is 5.91 Å². The first-order valence-corrected chi connectivity index (χ1v) is 3.58. The van der Waals surface area contributed by atoms with Gasteiger partial charge in [0, 0.05) is 13.0 Å². The molecular formula is C7H14N2O. The van der Waals surface area contributed by atoms with Crippen LogP contribution in [0.25, 0.3) is 0 Å². The molecule has 10 heavy (non-hydrogen) atoms. The van der Waals surface area contributed by atoms with Crippen LogP contribution in [-0.2, 0) is 4.79 Å². The van der Waals surface area contributed by atoms with Gasteiger partial charge in [-0.05, 0) is 20.8 Å². The van der Waals surface area contributed by atoms with E-state index in [-0.39, 0.29) is 11.4 Å². The lowest BCUT2D eigenvalue weighted by molar-refractivity contribution is -0.134. The second-order valence-corrected chi connectivity index (χ2v) is 3.56. The number of hydrogen-bond donors (Lipinski definition) is 1. The van der Waals surface area contributed by atoms with E-state index in [4.69, 9.17) is 0 Å². The number of hydrazine groups is 1. The quantitative estimate of drug-likeness (QED) is 0.535. The number of carbonyl (C=O) groups is 1. The van der Waals surface area contributed by atoms with Crippen LogP contribution in [0.2, 0.25) is 0 Å². The molecule has 0 aliphatic carbocycles. The van der Waals surface area contributed by atoms with Gasteiger partial charge in [0.05, 0.1) is 5.54 Å². The Bertz CT molecular complexity index is 148. The minimum Gasteiger partial charge on any atom is -0.273 e. The van der Waals surface area contributed by atoms with Crippen LogP contribution in [0.3, 0.4) is 0 Å². The first kappa shape index (κ1) is 7.54. The molecule has 1 N–H and O–H groups in total. The Morgan fingerprint density at radius 1 is 1.50 bits per heavy atom. The van der Waals surface area contributed by atoms with Crippen molar-refractivity contribution in [3.8, 4) is 0 Å². The predicted molar refractivity (Wildman–Crippen MR) is 39.2 cm³/mol. The summed E-state index contributed by atoms with van der Waals surface area (Å²) in [6.45, 7) is 6.84. The molecule has 58 valence electrons. The van der Waals surface area contributed by atoms with Crippen LogP contribution in [0.5, 0.6) is 0 Å². The Morgan fingerprint density at radius 2 is 2.10 bits per heavy atom. The molecule has 0 radical (unpaired) electrons. The summed E-state index contributed by atoms with van der Waals surface area (Å²) in [6, 6.07) is 0. The molecule has 1 heterocycles. The highest BCUT2D eigenvalue weighted by atomic mass is 16.2. The average Bonchev–Trinajstić information content (AvgIpc) is 2.11. The number of carbonyl (C=O) groups excluding carboxylic acids is 1. The summed E-state index contributed by atoms with van der Waals surface area (Å²) in [7, 11) is 0. The molecule has 1 aliphatic rings.